The summed E-state index contributed by atoms with van der Waals surface area (Å²) in [5.74, 6) is 0.782. The number of nitrogens with zero attached hydrogens (tertiary/aromatic N) is 6. The van der Waals surface area contributed by atoms with Crippen LogP contribution >= 0.6 is 0 Å². The van der Waals surface area contributed by atoms with Crippen LogP contribution in [0.4, 0.5) is 5.69 Å². The molecule has 9 nitrogen and oxygen atoms in total. The van der Waals surface area contributed by atoms with E-state index in [0.29, 0.717) is 18.7 Å². The second kappa shape index (κ2) is 7.70. The predicted molar refractivity (Wildman–Crippen MR) is 109 cm³/mol. The van der Waals surface area contributed by atoms with Crippen LogP contribution in [0.5, 0.6) is 5.75 Å². The van der Waals surface area contributed by atoms with Crippen molar-refractivity contribution in [3.05, 3.63) is 64.6 Å². The monoisotopic (exact) mass is 391 g/mol. The molecular formula is C20H21N7O2. The molecule has 0 amide bonds. The number of benzene rings is 1. The van der Waals surface area contributed by atoms with E-state index in [9.17, 15) is 4.79 Å². The van der Waals surface area contributed by atoms with E-state index in [1.54, 1.807) is 22.5 Å². The van der Waals surface area contributed by atoms with Crippen molar-refractivity contribution in [3.63, 3.8) is 0 Å². The van der Waals surface area contributed by atoms with Crippen LogP contribution in [0.1, 0.15) is 11.4 Å². The van der Waals surface area contributed by atoms with E-state index < -0.39 is 0 Å². The highest BCUT2D eigenvalue weighted by molar-refractivity contribution is 5.73. The fourth-order valence-corrected chi connectivity index (χ4v) is 3.21. The Labute approximate surface area is 167 Å². The van der Waals surface area contributed by atoms with Gasteiger partial charge in [-0.2, -0.15) is 14.6 Å². The molecule has 0 atom stereocenters. The Morgan fingerprint density at radius 1 is 1.14 bits per heavy atom. The van der Waals surface area contributed by atoms with Gasteiger partial charge >= 0.3 is 5.69 Å². The third-order valence-electron chi connectivity index (χ3n) is 4.65. The summed E-state index contributed by atoms with van der Waals surface area (Å²) in [6.45, 7) is 4.73. The number of hydrogen-bond donors (Lipinski definition) is 1. The zero-order chi connectivity index (χ0) is 20.4. The Balaban J connectivity index is 1.60. The highest BCUT2D eigenvalue weighted by Gasteiger charge is 2.10. The van der Waals surface area contributed by atoms with Gasteiger partial charge in [0.15, 0.2) is 0 Å². The maximum Gasteiger partial charge on any atom is 0.348 e. The summed E-state index contributed by atoms with van der Waals surface area (Å²) in [5, 5.41) is 16.0. The van der Waals surface area contributed by atoms with Crippen molar-refractivity contribution in [2.24, 2.45) is 0 Å². The Kier molecular flexibility index (Phi) is 4.94. The summed E-state index contributed by atoms with van der Waals surface area (Å²) >= 11 is 0. The van der Waals surface area contributed by atoms with E-state index >= 15 is 0 Å². The largest absolute Gasteiger partial charge is 0.497 e. The van der Waals surface area contributed by atoms with Gasteiger partial charge in [-0.1, -0.05) is 0 Å². The van der Waals surface area contributed by atoms with E-state index in [4.69, 9.17) is 4.74 Å². The molecular weight excluding hydrogens is 370 g/mol. The molecule has 0 saturated carbocycles. The van der Waals surface area contributed by atoms with Crippen molar-refractivity contribution in [2.75, 3.05) is 19.0 Å². The molecule has 0 saturated heterocycles. The van der Waals surface area contributed by atoms with E-state index in [1.807, 2.05) is 50.2 Å². The molecule has 0 unspecified atom stereocenters. The van der Waals surface area contributed by atoms with Gasteiger partial charge in [-0.05, 0) is 50.2 Å². The zero-order valence-corrected chi connectivity index (χ0v) is 16.5. The summed E-state index contributed by atoms with van der Waals surface area (Å²) in [7, 11) is 1.63. The third-order valence-corrected chi connectivity index (χ3v) is 4.65. The number of nitrogens with one attached hydrogen (secondary N) is 1. The van der Waals surface area contributed by atoms with Crippen molar-refractivity contribution in [3.8, 4) is 17.0 Å². The minimum atomic E-state index is -0.245. The molecule has 0 aliphatic heterocycles. The number of rotatable bonds is 6. The molecule has 9 heteroatoms. The molecule has 0 fully saturated rings. The van der Waals surface area contributed by atoms with Crippen LogP contribution in [0.15, 0.2) is 47.5 Å². The minimum absolute atomic E-state index is 0.245. The molecule has 1 aromatic carbocycles. The van der Waals surface area contributed by atoms with Gasteiger partial charge in [-0.15, -0.1) is 10.2 Å². The molecule has 148 valence electrons. The lowest BCUT2D eigenvalue weighted by Gasteiger charge is -2.12. The lowest BCUT2D eigenvalue weighted by Crippen LogP contribution is -2.28. The lowest BCUT2D eigenvalue weighted by molar-refractivity contribution is 0.415. The SMILES string of the molecule is COc1ccc(-c2cc(NCCn3c(C)cc(C)nc3=O)c3nncn3n2)cc1. The number of hydrogen-bond acceptors (Lipinski definition) is 7. The molecule has 3 aromatic heterocycles. The zero-order valence-electron chi connectivity index (χ0n) is 16.5. The second-order valence-corrected chi connectivity index (χ2v) is 6.67. The summed E-state index contributed by atoms with van der Waals surface area (Å²) in [5.41, 5.74) is 4.48. The van der Waals surface area contributed by atoms with Crippen molar-refractivity contribution in [1.82, 2.24) is 29.4 Å². The number of aromatic nitrogens is 6. The van der Waals surface area contributed by atoms with Crippen LogP contribution in [-0.4, -0.2) is 43.0 Å². The van der Waals surface area contributed by atoms with Crippen molar-refractivity contribution < 1.29 is 4.74 Å². The van der Waals surface area contributed by atoms with Crippen molar-refractivity contribution in [2.45, 2.75) is 20.4 Å². The molecule has 4 aromatic rings. The normalized spacial score (nSPS) is 11.0. The Morgan fingerprint density at radius 2 is 1.93 bits per heavy atom. The van der Waals surface area contributed by atoms with Crippen LogP contribution in [0.3, 0.4) is 0 Å². The number of fused-ring (bicyclic) bond motifs is 1. The standard InChI is InChI=1S/C20H21N7O2/c1-13-10-14(2)26(20(28)23-13)9-8-21-18-11-17(25-27-12-22-24-19(18)27)15-4-6-16(29-3)7-5-15/h4-7,10-12,21H,8-9H2,1-3H3. The quantitative estimate of drug-likeness (QED) is 0.537. The average Bonchev–Trinajstić information content (AvgIpc) is 3.18. The molecule has 0 aliphatic carbocycles. The fraction of sp³-hybridized carbons (Fsp3) is 0.250. The van der Waals surface area contributed by atoms with Gasteiger partial charge in [0.05, 0.1) is 18.5 Å². The fourth-order valence-electron chi connectivity index (χ4n) is 3.21. The number of ether oxygens (including phenoxy) is 1. The first-order chi connectivity index (χ1) is 14.0. The van der Waals surface area contributed by atoms with Gasteiger partial charge in [0.2, 0.25) is 5.65 Å². The van der Waals surface area contributed by atoms with Crippen LogP contribution in [0.25, 0.3) is 16.9 Å². The van der Waals surface area contributed by atoms with Gasteiger partial charge in [-0.3, -0.25) is 4.57 Å². The first kappa shape index (κ1) is 18.6. The van der Waals surface area contributed by atoms with Gasteiger partial charge in [-0.25, -0.2) is 4.79 Å². The molecule has 4 rings (SSSR count). The van der Waals surface area contributed by atoms with Gasteiger partial charge in [0.1, 0.15) is 12.1 Å². The number of anilines is 1. The van der Waals surface area contributed by atoms with Gasteiger partial charge in [0, 0.05) is 30.0 Å². The molecule has 1 N–H and O–H groups in total. The summed E-state index contributed by atoms with van der Waals surface area (Å²) in [4.78, 5) is 16.1. The minimum Gasteiger partial charge on any atom is -0.497 e. The average molecular weight is 391 g/mol. The highest BCUT2D eigenvalue weighted by Crippen LogP contribution is 2.24. The second-order valence-electron chi connectivity index (χ2n) is 6.67. The maximum absolute atomic E-state index is 12.1. The first-order valence-corrected chi connectivity index (χ1v) is 9.19. The predicted octanol–water partition coefficient (Wildman–Crippen LogP) is 2.09. The molecule has 29 heavy (non-hydrogen) atoms. The summed E-state index contributed by atoms with van der Waals surface area (Å²) in [6, 6.07) is 11.5. The molecule has 0 aliphatic rings. The smallest absolute Gasteiger partial charge is 0.348 e. The lowest BCUT2D eigenvalue weighted by atomic mass is 10.1. The van der Waals surface area contributed by atoms with E-state index in [1.165, 1.54) is 0 Å². The van der Waals surface area contributed by atoms with E-state index in [0.717, 1.165) is 34.1 Å². The summed E-state index contributed by atoms with van der Waals surface area (Å²) in [6.07, 6.45) is 1.56. The molecule has 0 spiro atoms. The molecule has 3 heterocycles. The maximum atomic E-state index is 12.1. The van der Waals surface area contributed by atoms with Crippen LogP contribution in [-0.2, 0) is 6.54 Å². The van der Waals surface area contributed by atoms with Crippen molar-refractivity contribution in [1.29, 1.82) is 0 Å². The van der Waals surface area contributed by atoms with E-state index in [2.05, 4.69) is 25.6 Å². The Bertz CT molecular complexity index is 1210. The van der Waals surface area contributed by atoms with Gasteiger partial charge < -0.3 is 10.1 Å². The Morgan fingerprint density at radius 3 is 2.66 bits per heavy atom. The number of methoxy groups -OCH3 is 1. The number of aryl methyl sites for hydroxylation is 2. The molecule has 0 radical (unpaired) electrons. The van der Waals surface area contributed by atoms with Crippen LogP contribution < -0.4 is 15.7 Å². The van der Waals surface area contributed by atoms with Gasteiger partial charge in [0.25, 0.3) is 0 Å². The van der Waals surface area contributed by atoms with Crippen molar-refractivity contribution >= 4 is 11.3 Å². The van der Waals surface area contributed by atoms with Crippen LogP contribution in [0.2, 0.25) is 0 Å². The first-order valence-electron chi connectivity index (χ1n) is 9.19. The topological polar surface area (TPSA) is 99.2 Å². The summed E-state index contributed by atoms with van der Waals surface area (Å²) < 4.78 is 8.49. The third kappa shape index (κ3) is 3.79. The molecule has 0 bridgehead atoms. The highest BCUT2D eigenvalue weighted by atomic mass is 16.5. The van der Waals surface area contributed by atoms with E-state index in [-0.39, 0.29) is 5.69 Å². The van der Waals surface area contributed by atoms with Crippen LogP contribution in [0, 0.1) is 13.8 Å². The Hall–Kier alpha value is -3.75.